The summed E-state index contributed by atoms with van der Waals surface area (Å²) in [6, 6.07) is 4.14. The molecule has 0 bridgehead atoms. The first-order valence-corrected chi connectivity index (χ1v) is 7.08. The van der Waals surface area contributed by atoms with Crippen LogP contribution in [-0.2, 0) is 0 Å². The van der Waals surface area contributed by atoms with Gasteiger partial charge in [-0.1, -0.05) is 13.8 Å². The van der Waals surface area contributed by atoms with Gasteiger partial charge in [-0.25, -0.2) is 4.39 Å². The molecule has 2 N–H and O–H groups in total. The van der Waals surface area contributed by atoms with Crippen LogP contribution in [0.3, 0.4) is 0 Å². The van der Waals surface area contributed by atoms with Crippen LogP contribution in [0.25, 0.3) is 0 Å². The first-order valence-electron chi connectivity index (χ1n) is 6.29. The molecule has 0 aliphatic heterocycles. The maximum Gasteiger partial charge on any atom is 0.254 e. The Morgan fingerprint density at radius 1 is 1.47 bits per heavy atom. The van der Waals surface area contributed by atoms with Crippen LogP contribution in [0.4, 0.5) is 4.39 Å². The molecular formula is C14H20BrFN2O. The number of rotatable bonds is 5. The Balaban J connectivity index is 2.66. The Morgan fingerprint density at radius 2 is 2.11 bits per heavy atom. The monoisotopic (exact) mass is 330 g/mol. The summed E-state index contributed by atoms with van der Waals surface area (Å²) < 4.78 is 13.5. The molecule has 0 spiro atoms. The fraction of sp³-hybridized carbons (Fsp3) is 0.500. The lowest BCUT2D eigenvalue weighted by molar-refractivity contribution is 0.0788. The predicted octanol–water partition coefficient (Wildman–Crippen LogP) is 3.03. The SMILES string of the molecule is CC(C)C(N)CCN(C)C(=O)c1ccc(F)cc1Br. The molecule has 0 radical (unpaired) electrons. The van der Waals surface area contributed by atoms with Gasteiger partial charge in [-0.05, 0) is 46.5 Å². The molecular weight excluding hydrogens is 311 g/mol. The topological polar surface area (TPSA) is 46.3 Å². The molecule has 0 aliphatic rings. The van der Waals surface area contributed by atoms with E-state index in [1.807, 2.05) is 0 Å². The standard InChI is InChI=1S/C14H20BrFN2O/c1-9(2)13(17)6-7-18(3)14(19)11-5-4-10(16)8-12(11)15/h4-5,8-9,13H,6-7,17H2,1-3H3. The van der Waals surface area contributed by atoms with Crippen molar-refractivity contribution in [2.45, 2.75) is 26.3 Å². The van der Waals surface area contributed by atoms with Gasteiger partial charge >= 0.3 is 0 Å². The average molecular weight is 331 g/mol. The third kappa shape index (κ3) is 4.58. The van der Waals surface area contributed by atoms with Crippen LogP contribution in [-0.4, -0.2) is 30.4 Å². The number of halogens is 2. The quantitative estimate of drug-likeness (QED) is 0.901. The summed E-state index contributed by atoms with van der Waals surface area (Å²) in [5.41, 5.74) is 6.42. The third-order valence-corrected chi connectivity index (χ3v) is 3.82. The van der Waals surface area contributed by atoms with Crippen molar-refractivity contribution >= 4 is 21.8 Å². The van der Waals surface area contributed by atoms with Gasteiger partial charge in [0, 0.05) is 24.1 Å². The molecule has 0 aliphatic carbocycles. The van der Waals surface area contributed by atoms with Crippen molar-refractivity contribution in [1.29, 1.82) is 0 Å². The van der Waals surface area contributed by atoms with E-state index in [2.05, 4.69) is 29.8 Å². The molecule has 1 aromatic rings. The number of nitrogens with two attached hydrogens (primary N) is 1. The summed E-state index contributed by atoms with van der Waals surface area (Å²) in [5.74, 6) is -0.114. The van der Waals surface area contributed by atoms with Crippen LogP contribution in [0.5, 0.6) is 0 Å². The Labute approximate surface area is 122 Å². The fourth-order valence-electron chi connectivity index (χ4n) is 1.65. The normalized spacial score (nSPS) is 12.6. The predicted molar refractivity (Wildman–Crippen MR) is 78.5 cm³/mol. The van der Waals surface area contributed by atoms with E-state index in [1.165, 1.54) is 18.2 Å². The van der Waals surface area contributed by atoms with E-state index in [4.69, 9.17) is 5.73 Å². The zero-order valence-electron chi connectivity index (χ0n) is 11.5. The van der Waals surface area contributed by atoms with E-state index < -0.39 is 0 Å². The lowest BCUT2D eigenvalue weighted by atomic mass is 10.0. The highest BCUT2D eigenvalue weighted by atomic mass is 79.9. The Hall–Kier alpha value is -0.940. The van der Waals surface area contributed by atoms with E-state index in [0.29, 0.717) is 22.5 Å². The van der Waals surface area contributed by atoms with Crippen LogP contribution >= 0.6 is 15.9 Å². The Kier molecular flexibility index (Phi) is 5.94. The number of carbonyl (C=O) groups is 1. The summed E-state index contributed by atoms with van der Waals surface area (Å²) in [4.78, 5) is 13.8. The van der Waals surface area contributed by atoms with Gasteiger partial charge in [0.1, 0.15) is 5.82 Å². The number of hydrogen-bond acceptors (Lipinski definition) is 2. The van der Waals surface area contributed by atoms with Gasteiger partial charge in [-0.15, -0.1) is 0 Å². The highest BCUT2D eigenvalue weighted by molar-refractivity contribution is 9.10. The van der Waals surface area contributed by atoms with Crippen molar-refractivity contribution in [2.24, 2.45) is 11.7 Å². The van der Waals surface area contributed by atoms with Crippen molar-refractivity contribution in [3.8, 4) is 0 Å². The largest absolute Gasteiger partial charge is 0.342 e. The van der Waals surface area contributed by atoms with E-state index in [1.54, 1.807) is 11.9 Å². The zero-order chi connectivity index (χ0) is 14.6. The van der Waals surface area contributed by atoms with Gasteiger partial charge in [0.25, 0.3) is 5.91 Å². The molecule has 1 aromatic carbocycles. The highest BCUT2D eigenvalue weighted by Crippen LogP contribution is 2.19. The first-order chi connectivity index (χ1) is 8.82. The number of nitrogens with zero attached hydrogens (tertiary/aromatic N) is 1. The first kappa shape index (κ1) is 16.1. The van der Waals surface area contributed by atoms with Crippen LogP contribution in [0, 0.1) is 11.7 Å². The van der Waals surface area contributed by atoms with Crippen LogP contribution in [0.1, 0.15) is 30.6 Å². The summed E-state index contributed by atoms with van der Waals surface area (Å²) in [7, 11) is 1.73. The minimum atomic E-state index is -0.368. The van der Waals surface area contributed by atoms with Gasteiger partial charge in [0.15, 0.2) is 0 Å². The van der Waals surface area contributed by atoms with Gasteiger partial charge in [0.2, 0.25) is 0 Å². The van der Waals surface area contributed by atoms with E-state index in [9.17, 15) is 9.18 Å². The molecule has 1 unspecified atom stereocenters. The lowest BCUT2D eigenvalue weighted by Crippen LogP contribution is -2.34. The molecule has 0 heterocycles. The highest BCUT2D eigenvalue weighted by Gasteiger charge is 2.16. The van der Waals surface area contributed by atoms with Gasteiger partial charge in [0.05, 0.1) is 5.56 Å². The summed E-state index contributed by atoms with van der Waals surface area (Å²) in [6.45, 7) is 4.70. The van der Waals surface area contributed by atoms with Crippen molar-refractivity contribution in [3.63, 3.8) is 0 Å². The van der Waals surface area contributed by atoms with Gasteiger partial charge < -0.3 is 10.6 Å². The average Bonchev–Trinajstić information content (AvgIpc) is 2.34. The molecule has 0 fully saturated rings. The third-order valence-electron chi connectivity index (χ3n) is 3.16. The number of carbonyl (C=O) groups excluding carboxylic acids is 1. The van der Waals surface area contributed by atoms with Crippen LogP contribution in [0.2, 0.25) is 0 Å². The molecule has 1 rings (SSSR count). The molecule has 5 heteroatoms. The van der Waals surface area contributed by atoms with Gasteiger partial charge in [-0.3, -0.25) is 4.79 Å². The zero-order valence-corrected chi connectivity index (χ0v) is 13.1. The molecule has 1 amide bonds. The molecule has 3 nitrogen and oxygen atoms in total. The second-order valence-corrected chi connectivity index (χ2v) is 5.90. The number of hydrogen-bond donors (Lipinski definition) is 1. The lowest BCUT2D eigenvalue weighted by Gasteiger charge is -2.22. The fourth-order valence-corrected chi connectivity index (χ4v) is 2.17. The summed E-state index contributed by atoms with van der Waals surface area (Å²) in [5, 5.41) is 0. The minimum absolute atomic E-state index is 0.0758. The Bertz CT molecular complexity index is 451. The van der Waals surface area contributed by atoms with Crippen LogP contribution in [0.15, 0.2) is 22.7 Å². The second kappa shape index (κ2) is 7.01. The maximum atomic E-state index is 13.0. The maximum absolute atomic E-state index is 13.0. The summed E-state index contributed by atoms with van der Waals surface area (Å²) >= 11 is 3.21. The number of amides is 1. The molecule has 0 saturated heterocycles. The van der Waals surface area contributed by atoms with Crippen LogP contribution < -0.4 is 5.73 Å². The van der Waals surface area contributed by atoms with E-state index in [-0.39, 0.29) is 17.8 Å². The Morgan fingerprint density at radius 3 is 2.63 bits per heavy atom. The smallest absolute Gasteiger partial charge is 0.254 e. The molecule has 1 atom stereocenters. The van der Waals surface area contributed by atoms with E-state index >= 15 is 0 Å². The molecule has 106 valence electrons. The summed E-state index contributed by atoms with van der Waals surface area (Å²) in [6.07, 6.45) is 0.749. The second-order valence-electron chi connectivity index (χ2n) is 5.05. The molecule has 19 heavy (non-hydrogen) atoms. The van der Waals surface area contributed by atoms with E-state index in [0.717, 1.165) is 6.42 Å². The molecule has 0 saturated carbocycles. The van der Waals surface area contributed by atoms with Crippen molar-refractivity contribution < 1.29 is 9.18 Å². The van der Waals surface area contributed by atoms with Crippen molar-refractivity contribution in [2.75, 3.05) is 13.6 Å². The number of benzene rings is 1. The van der Waals surface area contributed by atoms with Crippen molar-refractivity contribution in [3.05, 3.63) is 34.1 Å². The van der Waals surface area contributed by atoms with Crippen molar-refractivity contribution in [1.82, 2.24) is 4.90 Å². The molecule has 0 aromatic heterocycles. The minimum Gasteiger partial charge on any atom is -0.342 e. The van der Waals surface area contributed by atoms with Gasteiger partial charge in [-0.2, -0.15) is 0 Å².